The van der Waals surface area contributed by atoms with Gasteiger partial charge in [0.1, 0.15) is 11.6 Å². The van der Waals surface area contributed by atoms with Crippen LogP contribution >= 0.6 is 11.6 Å². The Balaban J connectivity index is 2.32. The van der Waals surface area contributed by atoms with Gasteiger partial charge >= 0.3 is 0 Å². The summed E-state index contributed by atoms with van der Waals surface area (Å²) in [6, 6.07) is 11.7. The maximum absolute atomic E-state index is 13.7. The number of aryl methyl sites for hydroxylation is 1. The molecule has 0 heterocycles. The van der Waals surface area contributed by atoms with Crippen LogP contribution in [0.1, 0.15) is 22.6 Å². The first kappa shape index (κ1) is 14.0. The fraction of sp³-hybridized carbons (Fsp3) is 0.250. The monoisotopic (exact) mass is 280 g/mol. The summed E-state index contributed by atoms with van der Waals surface area (Å²) in [5, 5.41) is 0. The minimum Gasteiger partial charge on any atom is -0.207 e. The van der Waals surface area contributed by atoms with Gasteiger partial charge in [0.15, 0.2) is 0 Å². The van der Waals surface area contributed by atoms with Crippen LogP contribution in [-0.4, -0.2) is 5.88 Å². The summed E-state index contributed by atoms with van der Waals surface area (Å²) in [4.78, 5) is 0. The van der Waals surface area contributed by atoms with E-state index in [0.717, 1.165) is 11.1 Å². The average molecular weight is 281 g/mol. The van der Waals surface area contributed by atoms with Gasteiger partial charge in [-0.15, -0.1) is 11.6 Å². The highest BCUT2D eigenvalue weighted by molar-refractivity contribution is 6.18. The van der Waals surface area contributed by atoms with Crippen molar-refractivity contribution in [1.82, 2.24) is 0 Å². The fourth-order valence-corrected chi connectivity index (χ4v) is 2.54. The molecule has 0 N–H and O–H groups in total. The van der Waals surface area contributed by atoms with E-state index in [1.54, 1.807) is 0 Å². The normalized spacial score (nSPS) is 12.4. The quantitative estimate of drug-likeness (QED) is 0.703. The first-order chi connectivity index (χ1) is 9.13. The SMILES string of the molecule is Cc1ccccc1C(CCl)Cc1c(F)cccc1F. The Bertz CT molecular complexity index is 546. The molecule has 0 aromatic heterocycles. The molecule has 0 saturated heterocycles. The molecule has 1 atom stereocenters. The van der Waals surface area contributed by atoms with Crippen LogP contribution in [0.3, 0.4) is 0 Å². The van der Waals surface area contributed by atoms with Gasteiger partial charge in [-0.25, -0.2) is 8.78 Å². The average Bonchev–Trinajstić information content (AvgIpc) is 2.40. The minimum absolute atomic E-state index is 0.0886. The minimum atomic E-state index is -0.510. The molecule has 100 valence electrons. The molecule has 3 heteroatoms. The predicted octanol–water partition coefficient (Wildman–Crippen LogP) is 4.84. The Morgan fingerprint density at radius 1 is 1.00 bits per heavy atom. The third-order valence-electron chi connectivity index (χ3n) is 3.33. The summed E-state index contributed by atoms with van der Waals surface area (Å²) in [6.07, 6.45) is 0.271. The van der Waals surface area contributed by atoms with Gasteiger partial charge in [-0.05, 0) is 36.6 Å². The van der Waals surface area contributed by atoms with Gasteiger partial charge in [0.25, 0.3) is 0 Å². The zero-order valence-electron chi connectivity index (χ0n) is 10.7. The highest BCUT2D eigenvalue weighted by Gasteiger charge is 2.18. The third kappa shape index (κ3) is 3.13. The number of rotatable bonds is 4. The van der Waals surface area contributed by atoms with Crippen LogP contribution in [-0.2, 0) is 6.42 Å². The van der Waals surface area contributed by atoms with E-state index in [0.29, 0.717) is 5.88 Å². The lowest BCUT2D eigenvalue weighted by molar-refractivity contribution is 0.544. The summed E-state index contributed by atoms with van der Waals surface area (Å²) in [7, 11) is 0. The lowest BCUT2D eigenvalue weighted by atomic mass is 9.90. The Hall–Kier alpha value is -1.41. The van der Waals surface area contributed by atoms with Crippen molar-refractivity contribution in [2.45, 2.75) is 19.3 Å². The molecule has 2 aromatic rings. The number of hydrogen-bond donors (Lipinski definition) is 0. The highest BCUT2D eigenvalue weighted by atomic mass is 35.5. The summed E-state index contributed by atoms with van der Waals surface area (Å²) < 4.78 is 27.4. The number of hydrogen-bond acceptors (Lipinski definition) is 0. The van der Waals surface area contributed by atoms with Crippen molar-refractivity contribution >= 4 is 11.6 Å². The van der Waals surface area contributed by atoms with Crippen molar-refractivity contribution in [1.29, 1.82) is 0 Å². The Labute approximate surface area is 117 Å². The Morgan fingerprint density at radius 3 is 2.21 bits per heavy atom. The molecule has 2 aromatic carbocycles. The molecule has 0 amide bonds. The molecule has 0 spiro atoms. The van der Waals surface area contributed by atoms with Crippen molar-refractivity contribution in [3.8, 4) is 0 Å². The number of halogens is 3. The van der Waals surface area contributed by atoms with Gasteiger partial charge in [-0.3, -0.25) is 0 Å². The first-order valence-corrected chi connectivity index (χ1v) is 6.71. The second-order valence-electron chi connectivity index (χ2n) is 4.61. The van der Waals surface area contributed by atoms with Crippen LogP contribution < -0.4 is 0 Å². The van der Waals surface area contributed by atoms with Crippen molar-refractivity contribution in [3.63, 3.8) is 0 Å². The lowest BCUT2D eigenvalue weighted by Gasteiger charge is -2.17. The van der Waals surface area contributed by atoms with Crippen LogP contribution in [0.25, 0.3) is 0 Å². The maximum Gasteiger partial charge on any atom is 0.129 e. The molecular weight excluding hydrogens is 266 g/mol. The molecule has 0 fully saturated rings. The summed E-state index contributed by atoms with van der Waals surface area (Å²) in [5.74, 6) is -0.778. The zero-order valence-corrected chi connectivity index (χ0v) is 11.4. The van der Waals surface area contributed by atoms with E-state index in [1.165, 1.54) is 18.2 Å². The standard InChI is InChI=1S/C16H15ClF2/c1-11-5-2-3-6-13(11)12(10-17)9-14-15(18)7-4-8-16(14)19/h2-8,12H,9-10H2,1H3. The van der Waals surface area contributed by atoms with Crippen molar-refractivity contribution in [2.24, 2.45) is 0 Å². The zero-order chi connectivity index (χ0) is 13.8. The van der Waals surface area contributed by atoms with E-state index in [1.807, 2.05) is 31.2 Å². The Kier molecular flexibility index (Phi) is 4.54. The highest BCUT2D eigenvalue weighted by Crippen LogP contribution is 2.27. The molecule has 0 nitrogen and oxygen atoms in total. The lowest BCUT2D eigenvalue weighted by Crippen LogP contribution is -2.09. The van der Waals surface area contributed by atoms with E-state index >= 15 is 0 Å². The summed E-state index contributed by atoms with van der Waals surface area (Å²) in [5.41, 5.74) is 2.24. The van der Waals surface area contributed by atoms with Crippen LogP contribution in [0.15, 0.2) is 42.5 Å². The van der Waals surface area contributed by atoms with E-state index in [-0.39, 0.29) is 17.9 Å². The Morgan fingerprint density at radius 2 is 1.63 bits per heavy atom. The van der Waals surface area contributed by atoms with E-state index in [2.05, 4.69) is 0 Å². The van der Waals surface area contributed by atoms with Crippen molar-refractivity contribution in [2.75, 3.05) is 5.88 Å². The van der Waals surface area contributed by atoms with Crippen molar-refractivity contribution < 1.29 is 8.78 Å². The van der Waals surface area contributed by atoms with Crippen LogP contribution in [0.4, 0.5) is 8.78 Å². The van der Waals surface area contributed by atoms with Crippen LogP contribution in [0.5, 0.6) is 0 Å². The van der Waals surface area contributed by atoms with Gasteiger partial charge < -0.3 is 0 Å². The first-order valence-electron chi connectivity index (χ1n) is 6.18. The largest absolute Gasteiger partial charge is 0.207 e. The molecule has 0 aliphatic rings. The smallest absolute Gasteiger partial charge is 0.129 e. The molecule has 0 bridgehead atoms. The van der Waals surface area contributed by atoms with Gasteiger partial charge in [0, 0.05) is 17.4 Å². The van der Waals surface area contributed by atoms with Gasteiger partial charge in [0.05, 0.1) is 0 Å². The van der Waals surface area contributed by atoms with E-state index < -0.39 is 11.6 Å². The van der Waals surface area contributed by atoms with Gasteiger partial charge in [-0.2, -0.15) is 0 Å². The molecule has 1 unspecified atom stereocenters. The predicted molar refractivity (Wildman–Crippen MR) is 74.7 cm³/mol. The van der Waals surface area contributed by atoms with E-state index in [4.69, 9.17) is 11.6 Å². The number of benzene rings is 2. The third-order valence-corrected chi connectivity index (χ3v) is 3.70. The van der Waals surface area contributed by atoms with Gasteiger partial charge in [-0.1, -0.05) is 30.3 Å². The fourth-order valence-electron chi connectivity index (χ4n) is 2.27. The molecule has 19 heavy (non-hydrogen) atoms. The van der Waals surface area contributed by atoms with E-state index in [9.17, 15) is 8.78 Å². The van der Waals surface area contributed by atoms with Gasteiger partial charge in [0.2, 0.25) is 0 Å². The second-order valence-corrected chi connectivity index (χ2v) is 4.92. The maximum atomic E-state index is 13.7. The van der Waals surface area contributed by atoms with Crippen molar-refractivity contribution in [3.05, 3.63) is 70.8 Å². The molecule has 0 radical (unpaired) electrons. The molecule has 2 rings (SSSR count). The molecular formula is C16H15ClF2. The topological polar surface area (TPSA) is 0 Å². The summed E-state index contributed by atoms with van der Waals surface area (Å²) >= 11 is 5.98. The second kappa shape index (κ2) is 6.16. The van der Waals surface area contributed by atoms with Crippen LogP contribution in [0, 0.1) is 18.6 Å². The molecule has 0 saturated carbocycles. The molecule has 0 aliphatic heterocycles. The van der Waals surface area contributed by atoms with Crippen LogP contribution in [0.2, 0.25) is 0 Å². The number of alkyl halides is 1. The molecule has 0 aliphatic carbocycles. The summed E-state index contributed by atoms with van der Waals surface area (Å²) in [6.45, 7) is 1.98.